The van der Waals surface area contributed by atoms with Crippen molar-refractivity contribution in [3.05, 3.63) is 30.1 Å². The van der Waals surface area contributed by atoms with Gasteiger partial charge in [0, 0.05) is 30.9 Å². The second kappa shape index (κ2) is 8.64. The van der Waals surface area contributed by atoms with Gasteiger partial charge >= 0.3 is 0 Å². The molecule has 1 atom stereocenters. The summed E-state index contributed by atoms with van der Waals surface area (Å²) < 4.78 is 0. The zero-order chi connectivity index (χ0) is 13.2. The molecule has 0 spiro atoms. The molecule has 0 aromatic carbocycles. The molecule has 0 radical (unpaired) electrons. The zero-order valence-electron chi connectivity index (χ0n) is 11.1. The lowest BCUT2D eigenvalue weighted by Gasteiger charge is -2.16. The van der Waals surface area contributed by atoms with Crippen LogP contribution in [-0.4, -0.2) is 23.5 Å². The lowest BCUT2D eigenvalue weighted by atomic mass is 10.1. The number of pyridine rings is 1. The fraction of sp³-hybridized carbons (Fsp3) is 0.571. The molecule has 1 aromatic rings. The first-order chi connectivity index (χ1) is 8.76. The summed E-state index contributed by atoms with van der Waals surface area (Å²) in [7, 11) is 0. The van der Waals surface area contributed by atoms with Crippen molar-refractivity contribution in [2.45, 2.75) is 45.1 Å². The van der Waals surface area contributed by atoms with Crippen LogP contribution in [-0.2, 0) is 11.2 Å². The van der Waals surface area contributed by atoms with Crippen molar-refractivity contribution in [3.63, 3.8) is 0 Å². The number of hydrogen-bond acceptors (Lipinski definition) is 3. The van der Waals surface area contributed by atoms with Crippen LogP contribution in [0.5, 0.6) is 0 Å². The molecule has 0 aliphatic carbocycles. The highest BCUT2D eigenvalue weighted by Gasteiger charge is 2.10. The maximum absolute atomic E-state index is 11.8. The van der Waals surface area contributed by atoms with Crippen LogP contribution in [0.15, 0.2) is 24.4 Å². The molecule has 1 aromatic heterocycles. The highest BCUT2D eigenvalue weighted by atomic mass is 16.1. The fourth-order valence-corrected chi connectivity index (χ4v) is 1.79. The molecule has 1 unspecified atom stereocenters. The van der Waals surface area contributed by atoms with Gasteiger partial charge in [0.15, 0.2) is 0 Å². The van der Waals surface area contributed by atoms with Gasteiger partial charge in [-0.2, -0.15) is 0 Å². The molecule has 1 rings (SSSR count). The van der Waals surface area contributed by atoms with Gasteiger partial charge in [-0.15, -0.1) is 0 Å². The molecular weight excluding hydrogens is 226 g/mol. The summed E-state index contributed by atoms with van der Waals surface area (Å²) in [5.41, 5.74) is 6.59. The first-order valence-corrected chi connectivity index (χ1v) is 6.65. The largest absolute Gasteiger partial charge is 0.352 e. The summed E-state index contributed by atoms with van der Waals surface area (Å²) in [5, 5.41) is 2.98. The zero-order valence-corrected chi connectivity index (χ0v) is 11.1. The van der Waals surface area contributed by atoms with Gasteiger partial charge in [-0.05, 0) is 25.0 Å². The smallest absolute Gasteiger partial charge is 0.220 e. The van der Waals surface area contributed by atoms with Crippen molar-refractivity contribution in [1.82, 2.24) is 10.3 Å². The standard InChI is InChI=1S/C14H23N3O/c1-2-3-6-13(11-15)17-14(18)9-8-12-7-4-5-10-16-12/h4-5,7,10,13H,2-3,6,8-9,11,15H2,1H3,(H,17,18). The van der Waals surface area contributed by atoms with Crippen LogP contribution < -0.4 is 11.1 Å². The van der Waals surface area contributed by atoms with E-state index in [9.17, 15) is 4.79 Å². The Morgan fingerprint density at radius 3 is 2.94 bits per heavy atom. The Labute approximate surface area is 109 Å². The minimum Gasteiger partial charge on any atom is -0.352 e. The lowest BCUT2D eigenvalue weighted by Crippen LogP contribution is -2.40. The van der Waals surface area contributed by atoms with Gasteiger partial charge in [-0.1, -0.05) is 25.8 Å². The van der Waals surface area contributed by atoms with Crippen LogP contribution in [0, 0.1) is 0 Å². The van der Waals surface area contributed by atoms with Gasteiger partial charge < -0.3 is 11.1 Å². The summed E-state index contributed by atoms with van der Waals surface area (Å²) >= 11 is 0. The molecule has 0 aliphatic heterocycles. The van der Waals surface area contributed by atoms with Crippen LogP contribution in [0.25, 0.3) is 0 Å². The van der Waals surface area contributed by atoms with Gasteiger partial charge in [0.25, 0.3) is 0 Å². The van der Waals surface area contributed by atoms with Crippen molar-refractivity contribution in [2.75, 3.05) is 6.54 Å². The van der Waals surface area contributed by atoms with Crippen LogP contribution in [0.3, 0.4) is 0 Å². The van der Waals surface area contributed by atoms with Gasteiger partial charge in [-0.25, -0.2) is 0 Å². The maximum Gasteiger partial charge on any atom is 0.220 e. The van der Waals surface area contributed by atoms with Crippen molar-refractivity contribution in [3.8, 4) is 0 Å². The normalized spacial score (nSPS) is 12.1. The number of carbonyl (C=O) groups is 1. The Kier molecular flexibility index (Phi) is 7.03. The Balaban J connectivity index is 2.28. The maximum atomic E-state index is 11.8. The number of nitrogens with zero attached hydrogens (tertiary/aromatic N) is 1. The minimum atomic E-state index is 0.0622. The number of hydrogen-bond donors (Lipinski definition) is 2. The van der Waals surface area contributed by atoms with Crippen molar-refractivity contribution >= 4 is 5.91 Å². The number of amides is 1. The van der Waals surface area contributed by atoms with E-state index in [1.54, 1.807) is 6.20 Å². The summed E-state index contributed by atoms with van der Waals surface area (Å²) in [6, 6.07) is 5.86. The van der Waals surface area contributed by atoms with E-state index >= 15 is 0 Å². The monoisotopic (exact) mass is 249 g/mol. The third kappa shape index (κ3) is 5.77. The van der Waals surface area contributed by atoms with Crippen molar-refractivity contribution < 1.29 is 4.79 Å². The molecule has 0 bridgehead atoms. The molecule has 100 valence electrons. The second-order valence-electron chi connectivity index (χ2n) is 4.46. The van der Waals surface area contributed by atoms with Gasteiger partial charge in [0.2, 0.25) is 5.91 Å². The predicted molar refractivity (Wildman–Crippen MR) is 73.1 cm³/mol. The molecular formula is C14H23N3O. The highest BCUT2D eigenvalue weighted by molar-refractivity contribution is 5.76. The molecule has 3 N–H and O–H groups in total. The molecule has 0 fully saturated rings. The van der Waals surface area contributed by atoms with E-state index in [1.165, 1.54) is 0 Å². The average Bonchev–Trinajstić information content (AvgIpc) is 2.42. The number of aryl methyl sites for hydroxylation is 1. The van der Waals surface area contributed by atoms with Crippen molar-refractivity contribution in [2.24, 2.45) is 5.73 Å². The highest BCUT2D eigenvalue weighted by Crippen LogP contribution is 2.02. The summed E-state index contributed by atoms with van der Waals surface area (Å²) in [5.74, 6) is 0.0622. The molecule has 4 heteroatoms. The Hall–Kier alpha value is -1.42. The number of rotatable bonds is 8. The van der Waals surface area contributed by atoms with E-state index in [0.29, 0.717) is 19.4 Å². The molecule has 18 heavy (non-hydrogen) atoms. The van der Waals surface area contributed by atoms with E-state index in [1.807, 2.05) is 18.2 Å². The Morgan fingerprint density at radius 1 is 1.50 bits per heavy atom. The number of nitrogens with one attached hydrogen (secondary N) is 1. The first-order valence-electron chi connectivity index (χ1n) is 6.65. The van der Waals surface area contributed by atoms with Crippen molar-refractivity contribution in [1.29, 1.82) is 0 Å². The van der Waals surface area contributed by atoms with Gasteiger partial charge in [-0.3, -0.25) is 9.78 Å². The first kappa shape index (κ1) is 14.6. The van der Waals surface area contributed by atoms with Gasteiger partial charge in [0.1, 0.15) is 0 Å². The second-order valence-corrected chi connectivity index (χ2v) is 4.46. The summed E-state index contributed by atoms with van der Waals surface area (Å²) in [4.78, 5) is 15.9. The molecule has 0 saturated carbocycles. The number of carbonyl (C=O) groups excluding carboxylic acids is 1. The average molecular weight is 249 g/mol. The third-order valence-electron chi connectivity index (χ3n) is 2.89. The van der Waals surface area contributed by atoms with E-state index in [0.717, 1.165) is 25.0 Å². The van der Waals surface area contributed by atoms with E-state index in [2.05, 4.69) is 17.2 Å². The lowest BCUT2D eigenvalue weighted by molar-refractivity contribution is -0.121. The predicted octanol–water partition coefficient (Wildman–Crippen LogP) is 1.65. The summed E-state index contributed by atoms with van der Waals surface area (Å²) in [6.45, 7) is 2.64. The van der Waals surface area contributed by atoms with E-state index in [4.69, 9.17) is 5.73 Å². The summed E-state index contributed by atoms with van der Waals surface area (Å²) in [6.07, 6.45) is 6.08. The third-order valence-corrected chi connectivity index (χ3v) is 2.89. The minimum absolute atomic E-state index is 0.0622. The number of unbranched alkanes of at least 4 members (excludes halogenated alkanes) is 1. The number of nitrogens with two attached hydrogens (primary N) is 1. The fourth-order valence-electron chi connectivity index (χ4n) is 1.79. The van der Waals surface area contributed by atoms with E-state index < -0.39 is 0 Å². The van der Waals surface area contributed by atoms with Crippen LogP contribution in [0.2, 0.25) is 0 Å². The van der Waals surface area contributed by atoms with Crippen LogP contribution >= 0.6 is 0 Å². The molecule has 0 aliphatic rings. The Morgan fingerprint density at radius 2 is 2.33 bits per heavy atom. The molecule has 1 amide bonds. The SMILES string of the molecule is CCCCC(CN)NC(=O)CCc1ccccn1. The molecule has 0 saturated heterocycles. The Bertz CT molecular complexity index is 340. The molecule has 1 heterocycles. The van der Waals surface area contributed by atoms with E-state index in [-0.39, 0.29) is 11.9 Å². The molecule has 4 nitrogen and oxygen atoms in total. The topological polar surface area (TPSA) is 68.0 Å². The van der Waals surface area contributed by atoms with Crippen LogP contribution in [0.4, 0.5) is 0 Å². The quantitative estimate of drug-likeness (QED) is 0.736. The van der Waals surface area contributed by atoms with Gasteiger partial charge in [0.05, 0.1) is 0 Å². The number of aromatic nitrogens is 1. The van der Waals surface area contributed by atoms with Crippen LogP contribution in [0.1, 0.15) is 38.3 Å².